The maximum absolute atomic E-state index is 12.6. The Morgan fingerprint density at radius 2 is 2.00 bits per heavy atom. The standard InChI is InChI=1S/C16H17N5O2S/c1-3-4-9-12-18-19-16(24-12)17-14(22)13-10-7-5-6-8-11(10)15(23)21(2)20-13/h5-8H,3-4,9H2,1-2H3,(H,17,19,22). The van der Waals surface area contributed by atoms with Crippen LogP contribution in [0.15, 0.2) is 29.1 Å². The van der Waals surface area contributed by atoms with Gasteiger partial charge in [0, 0.05) is 18.9 Å². The molecule has 8 heteroatoms. The summed E-state index contributed by atoms with van der Waals surface area (Å²) in [5.41, 5.74) is -0.0436. The number of nitrogens with zero attached hydrogens (tertiary/aromatic N) is 4. The third-order valence-corrected chi connectivity index (χ3v) is 4.50. The third kappa shape index (κ3) is 3.18. The van der Waals surface area contributed by atoms with Crippen molar-refractivity contribution < 1.29 is 4.79 Å². The summed E-state index contributed by atoms with van der Waals surface area (Å²) in [6.45, 7) is 2.11. The molecule has 0 atom stereocenters. The zero-order chi connectivity index (χ0) is 17.1. The normalized spacial score (nSPS) is 10.9. The molecule has 24 heavy (non-hydrogen) atoms. The number of unbranched alkanes of at least 4 members (excludes halogenated alkanes) is 1. The van der Waals surface area contributed by atoms with Crippen molar-refractivity contribution in [1.82, 2.24) is 20.0 Å². The zero-order valence-electron chi connectivity index (χ0n) is 13.4. The van der Waals surface area contributed by atoms with Gasteiger partial charge in [0.15, 0.2) is 5.69 Å². The molecule has 0 bridgehead atoms. The summed E-state index contributed by atoms with van der Waals surface area (Å²) < 4.78 is 1.17. The molecule has 0 aliphatic heterocycles. The number of fused-ring (bicyclic) bond motifs is 1. The molecule has 1 amide bonds. The summed E-state index contributed by atoms with van der Waals surface area (Å²) >= 11 is 1.36. The number of hydrogen-bond donors (Lipinski definition) is 1. The summed E-state index contributed by atoms with van der Waals surface area (Å²) in [5, 5.41) is 17.2. The summed E-state index contributed by atoms with van der Waals surface area (Å²) in [4.78, 5) is 24.7. The van der Waals surface area contributed by atoms with Crippen molar-refractivity contribution in [2.75, 3.05) is 5.32 Å². The first kappa shape index (κ1) is 16.3. The summed E-state index contributed by atoms with van der Waals surface area (Å²) in [6, 6.07) is 6.93. The van der Waals surface area contributed by atoms with E-state index in [2.05, 4.69) is 27.5 Å². The number of hydrogen-bond acceptors (Lipinski definition) is 6. The van der Waals surface area contributed by atoms with Crippen LogP contribution in [0.25, 0.3) is 10.8 Å². The van der Waals surface area contributed by atoms with Gasteiger partial charge in [0.2, 0.25) is 5.13 Å². The Bertz CT molecular complexity index is 947. The molecule has 3 aromatic rings. The number of aryl methyl sites for hydroxylation is 2. The number of aromatic nitrogens is 4. The number of carbonyl (C=O) groups excluding carboxylic acids is 1. The predicted molar refractivity (Wildman–Crippen MR) is 93.5 cm³/mol. The molecule has 124 valence electrons. The lowest BCUT2D eigenvalue weighted by molar-refractivity contribution is 0.102. The van der Waals surface area contributed by atoms with Crippen LogP contribution >= 0.6 is 11.3 Å². The van der Waals surface area contributed by atoms with Crippen LogP contribution in [0.4, 0.5) is 5.13 Å². The minimum absolute atomic E-state index is 0.193. The fourth-order valence-corrected chi connectivity index (χ4v) is 3.13. The Kier molecular flexibility index (Phi) is 4.66. The predicted octanol–water partition coefficient (Wildman–Crippen LogP) is 2.38. The van der Waals surface area contributed by atoms with Gasteiger partial charge in [0.25, 0.3) is 11.5 Å². The van der Waals surface area contributed by atoms with E-state index >= 15 is 0 Å². The molecular formula is C16H17N5O2S. The average Bonchev–Trinajstić information content (AvgIpc) is 3.03. The molecule has 0 radical (unpaired) electrons. The fourth-order valence-electron chi connectivity index (χ4n) is 2.36. The molecule has 0 saturated carbocycles. The lowest BCUT2D eigenvalue weighted by Crippen LogP contribution is -2.25. The first-order chi connectivity index (χ1) is 11.6. The Hall–Kier alpha value is -2.61. The molecule has 7 nitrogen and oxygen atoms in total. The summed E-state index contributed by atoms with van der Waals surface area (Å²) in [5.74, 6) is -0.403. The first-order valence-corrected chi connectivity index (χ1v) is 8.51. The van der Waals surface area contributed by atoms with Gasteiger partial charge in [0.05, 0.1) is 5.39 Å². The second kappa shape index (κ2) is 6.88. The van der Waals surface area contributed by atoms with Crippen LogP contribution in [-0.4, -0.2) is 25.9 Å². The third-order valence-electron chi connectivity index (χ3n) is 3.60. The van der Waals surface area contributed by atoms with Gasteiger partial charge in [-0.1, -0.05) is 42.9 Å². The Morgan fingerprint density at radius 1 is 1.25 bits per heavy atom. The highest BCUT2D eigenvalue weighted by atomic mass is 32.1. The lowest BCUT2D eigenvalue weighted by atomic mass is 10.1. The fraction of sp³-hybridized carbons (Fsp3) is 0.312. The Balaban J connectivity index is 1.90. The van der Waals surface area contributed by atoms with E-state index in [-0.39, 0.29) is 11.3 Å². The molecule has 0 unspecified atom stereocenters. The molecule has 1 N–H and O–H groups in total. The SMILES string of the molecule is CCCCc1nnc(NC(=O)c2nn(C)c(=O)c3ccccc23)s1. The van der Waals surface area contributed by atoms with Crippen LogP contribution in [0, 0.1) is 0 Å². The van der Waals surface area contributed by atoms with Gasteiger partial charge < -0.3 is 0 Å². The van der Waals surface area contributed by atoms with Crippen molar-refractivity contribution in [2.24, 2.45) is 7.05 Å². The average molecular weight is 343 g/mol. The van der Waals surface area contributed by atoms with E-state index in [0.717, 1.165) is 24.3 Å². The number of benzene rings is 1. The highest BCUT2D eigenvalue weighted by Crippen LogP contribution is 2.19. The number of nitrogens with one attached hydrogen (secondary N) is 1. The van der Waals surface area contributed by atoms with Crippen molar-refractivity contribution in [1.29, 1.82) is 0 Å². The monoisotopic (exact) mass is 343 g/mol. The molecule has 0 fully saturated rings. The van der Waals surface area contributed by atoms with Gasteiger partial charge in [-0.15, -0.1) is 10.2 Å². The smallest absolute Gasteiger partial charge is 0.278 e. The van der Waals surface area contributed by atoms with Crippen LogP contribution in [0.5, 0.6) is 0 Å². The van der Waals surface area contributed by atoms with Crippen LogP contribution < -0.4 is 10.9 Å². The van der Waals surface area contributed by atoms with Crippen molar-refractivity contribution in [3.8, 4) is 0 Å². The van der Waals surface area contributed by atoms with Crippen molar-refractivity contribution in [3.05, 3.63) is 45.3 Å². The maximum Gasteiger partial charge on any atom is 0.278 e. The van der Waals surface area contributed by atoms with Gasteiger partial charge in [-0.05, 0) is 12.5 Å². The van der Waals surface area contributed by atoms with E-state index in [1.165, 1.54) is 23.1 Å². The van der Waals surface area contributed by atoms with E-state index < -0.39 is 5.91 Å². The molecule has 3 rings (SSSR count). The van der Waals surface area contributed by atoms with Crippen LogP contribution in [0.1, 0.15) is 35.3 Å². The van der Waals surface area contributed by atoms with E-state index in [4.69, 9.17) is 0 Å². The highest BCUT2D eigenvalue weighted by Gasteiger charge is 2.17. The summed E-state index contributed by atoms with van der Waals surface area (Å²) in [6.07, 6.45) is 2.97. The number of carbonyl (C=O) groups is 1. The maximum atomic E-state index is 12.6. The topological polar surface area (TPSA) is 89.8 Å². The molecule has 1 aromatic carbocycles. The largest absolute Gasteiger partial charge is 0.295 e. The van der Waals surface area contributed by atoms with E-state index in [1.807, 2.05) is 0 Å². The van der Waals surface area contributed by atoms with Crippen LogP contribution in [0.2, 0.25) is 0 Å². The number of amides is 1. The first-order valence-electron chi connectivity index (χ1n) is 7.70. The van der Waals surface area contributed by atoms with Gasteiger partial charge in [-0.2, -0.15) is 5.10 Å². The molecule has 2 aromatic heterocycles. The molecule has 0 saturated heterocycles. The summed E-state index contributed by atoms with van der Waals surface area (Å²) in [7, 11) is 1.53. The van der Waals surface area contributed by atoms with Crippen LogP contribution in [0.3, 0.4) is 0 Å². The molecule has 0 aliphatic rings. The van der Waals surface area contributed by atoms with E-state index in [9.17, 15) is 9.59 Å². The van der Waals surface area contributed by atoms with Crippen molar-refractivity contribution >= 4 is 33.1 Å². The van der Waals surface area contributed by atoms with Gasteiger partial charge in [-0.3, -0.25) is 14.9 Å². The molecule has 0 spiro atoms. The Morgan fingerprint density at radius 3 is 2.75 bits per heavy atom. The Labute approximate surface area is 142 Å². The number of anilines is 1. The quantitative estimate of drug-likeness (QED) is 0.768. The minimum atomic E-state index is -0.403. The van der Waals surface area contributed by atoms with E-state index in [0.29, 0.717) is 15.9 Å². The van der Waals surface area contributed by atoms with Crippen LogP contribution in [-0.2, 0) is 13.5 Å². The molecular weight excluding hydrogens is 326 g/mol. The molecule has 0 aliphatic carbocycles. The van der Waals surface area contributed by atoms with Gasteiger partial charge in [-0.25, -0.2) is 4.68 Å². The molecule has 2 heterocycles. The highest BCUT2D eigenvalue weighted by molar-refractivity contribution is 7.15. The second-order valence-electron chi connectivity index (χ2n) is 5.38. The number of rotatable bonds is 5. The van der Waals surface area contributed by atoms with Gasteiger partial charge in [0.1, 0.15) is 5.01 Å². The zero-order valence-corrected chi connectivity index (χ0v) is 14.3. The van der Waals surface area contributed by atoms with E-state index in [1.54, 1.807) is 24.3 Å². The van der Waals surface area contributed by atoms with Crippen molar-refractivity contribution in [3.63, 3.8) is 0 Å². The van der Waals surface area contributed by atoms with Crippen molar-refractivity contribution in [2.45, 2.75) is 26.2 Å². The van der Waals surface area contributed by atoms with Gasteiger partial charge >= 0.3 is 0 Å². The second-order valence-corrected chi connectivity index (χ2v) is 6.44. The minimum Gasteiger partial charge on any atom is -0.295 e. The lowest BCUT2D eigenvalue weighted by Gasteiger charge is -2.07.